The van der Waals surface area contributed by atoms with Gasteiger partial charge in [-0.2, -0.15) is 0 Å². The fourth-order valence-electron chi connectivity index (χ4n) is 3.25. The number of nitrogens with zero attached hydrogens (tertiary/aromatic N) is 1. The highest BCUT2D eigenvalue weighted by molar-refractivity contribution is 5.92. The fourth-order valence-corrected chi connectivity index (χ4v) is 3.25. The van der Waals surface area contributed by atoms with Crippen LogP contribution in [0.15, 0.2) is 48.5 Å². The topological polar surface area (TPSA) is 60.0 Å². The van der Waals surface area contributed by atoms with Gasteiger partial charge >= 0.3 is 0 Å². The minimum absolute atomic E-state index is 0.149. The molecule has 0 spiro atoms. The van der Waals surface area contributed by atoms with Gasteiger partial charge in [0.05, 0.1) is 27.4 Å². The average molecular weight is 396 g/mol. The third-order valence-electron chi connectivity index (χ3n) is 4.92. The Bertz CT molecular complexity index is 845. The Morgan fingerprint density at radius 3 is 2.59 bits per heavy atom. The molecule has 6 nitrogen and oxygen atoms in total. The van der Waals surface area contributed by atoms with Crippen molar-refractivity contribution < 1.29 is 19.0 Å². The lowest BCUT2D eigenvalue weighted by Gasteiger charge is -2.27. The van der Waals surface area contributed by atoms with E-state index in [-0.39, 0.29) is 5.91 Å². The Hall–Kier alpha value is -2.83. The maximum Gasteiger partial charge on any atom is 0.244 e. The highest BCUT2D eigenvalue weighted by Crippen LogP contribution is 2.25. The summed E-state index contributed by atoms with van der Waals surface area (Å²) >= 11 is 0. The van der Waals surface area contributed by atoms with E-state index in [4.69, 9.17) is 14.2 Å². The number of methoxy groups -OCH3 is 2. The number of carbonyl (C=O) groups is 1. The monoisotopic (exact) mass is 396 g/mol. The van der Waals surface area contributed by atoms with Gasteiger partial charge in [-0.3, -0.25) is 9.69 Å². The molecule has 0 aromatic heterocycles. The standard InChI is InChI=1S/C23H28N2O4/c1-27-21-9-7-18(22(15-21)28-2)8-10-23(26)24-16-19-5-3-4-6-20(19)17-25-11-13-29-14-12-25/h3-10,15H,11-14,16-17H2,1-2H3,(H,24,26)/b10-8+. The molecule has 0 radical (unpaired) electrons. The van der Waals surface area contributed by atoms with Crippen molar-refractivity contribution in [2.75, 3.05) is 40.5 Å². The molecule has 6 heteroatoms. The largest absolute Gasteiger partial charge is 0.497 e. The van der Waals surface area contributed by atoms with Crippen LogP contribution in [0.3, 0.4) is 0 Å². The summed E-state index contributed by atoms with van der Waals surface area (Å²) < 4.78 is 16.0. The third-order valence-corrected chi connectivity index (χ3v) is 4.92. The third kappa shape index (κ3) is 6.07. The van der Waals surface area contributed by atoms with E-state index in [0.29, 0.717) is 18.0 Å². The average Bonchev–Trinajstić information content (AvgIpc) is 2.77. The molecule has 2 aromatic carbocycles. The van der Waals surface area contributed by atoms with Crippen LogP contribution in [-0.2, 0) is 22.6 Å². The van der Waals surface area contributed by atoms with Crippen LogP contribution in [0.25, 0.3) is 6.08 Å². The van der Waals surface area contributed by atoms with Crippen LogP contribution in [-0.4, -0.2) is 51.3 Å². The molecule has 1 saturated heterocycles. The van der Waals surface area contributed by atoms with E-state index in [2.05, 4.69) is 22.3 Å². The molecule has 0 atom stereocenters. The number of amides is 1. The van der Waals surface area contributed by atoms with Gasteiger partial charge in [0.15, 0.2) is 0 Å². The maximum atomic E-state index is 12.3. The van der Waals surface area contributed by atoms with Crippen molar-refractivity contribution in [3.63, 3.8) is 0 Å². The van der Waals surface area contributed by atoms with Gasteiger partial charge in [-0.15, -0.1) is 0 Å². The Morgan fingerprint density at radius 1 is 1.10 bits per heavy atom. The summed E-state index contributed by atoms with van der Waals surface area (Å²) in [5.74, 6) is 1.22. The molecule has 0 unspecified atom stereocenters. The van der Waals surface area contributed by atoms with Crippen LogP contribution in [0, 0.1) is 0 Å². The molecule has 0 bridgehead atoms. The second-order valence-corrected chi connectivity index (χ2v) is 6.82. The van der Waals surface area contributed by atoms with Crippen LogP contribution in [0.4, 0.5) is 0 Å². The summed E-state index contributed by atoms with van der Waals surface area (Å²) in [5.41, 5.74) is 3.18. The molecular formula is C23H28N2O4. The Morgan fingerprint density at radius 2 is 1.86 bits per heavy atom. The molecule has 1 fully saturated rings. The number of hydrogen-bond acceptors (Lipinski definition) is 5. The first-order chi connectivity index (χ1) is 14.2. The van der Waals surface area contributed by atoms with E-state index >= 15 is 0 Å². The van der Waals surface area contributed by atoms with Crippen molar-refractivity contribution in [3.8, 4) is 11.5 Å². The SMILES string of the molecule is COc1ccc(/C=C/C(=O)NCc2ccccc2CN2CCOCC2)c(OC)c1. The van der Waals surface area contributed by atoms with Crippen LogP contribution in [0.2, 0.25) is 0 Å². The highest BCUT2D eigenvalue weighted by Gasteiger charge is 2.12. The molecule has 1 N–H and O–H groups in total. The number of nitrogens with one attached hydrogen (secondary N) is 1. The van der Waals surface area contributed by atoms with Gasteiger partial charge in [-0.05, 0) is 29.3 Å². The van der Waals surface area contributed by atoms with Gasteiger partial charge < -0.3 is 19.5 Å². The van der Waals surface area contributed by atoms with Gasteiger partial charge in [0.25, 0.3) is 0 Å². The smallest absolute Gasteiger partial charge is 0.244 e. The molecule has 0 saturated carbocycles. The van der Waals surface area contributed by atoms with Crippen molar-refractivity contribution in [3.05, 3.63) is 65.2 Å². The Balaban J connectivity index is 1.59. The summed E-state index contributed by atoms with van der Waals surface area (Å²) in [6, 6.07) is 13.7. The first kappa shape index (κ1) is 20.9. The second-order valence-electron chi connectivity index (χ2n) is 6.82. The van der Waals surface area contributed by atoms with Crippen molar-refractivity contribution in [1.82, 2.24) is 10.2 Å². The summed E-state index contributed by atoms with van der Waals surface area (Å²) in [7, 11) is 3.20. The van der Waals surface area contributed by atoms with E-state index in [1.165, 1.54) is 11.6 Å². The number of benzene rings is 2. The lowest BCUT2D eigenvalue weighted by molar-refractivity contribution is -0.116. The molecule has 1 aliphatic heterocycles. The molecule has 1 aliphatic rings. The molecule has 29 heavy (non-hydrogen) atoms. The zero-order chi connectivity index (χ0) is 20.5. The second kappa shape index (κ2) is 10.6. The maximum absolute atomic E-state index is 12.3. The number of ether oxygens (including phenoxy) is 3. The number of rotatable bonds is 8. The minimum Gasteiger partial charge on any atom is -0.497 e. The van der Waals surface area contributed by atoms with E-state index in [9.17, 15) is 4.79 Å². The number of hydrogen-bond donors (Lipinski definition) is 1. The first-order valence-corrected chi connectivity index (χ1v) is 9.74. The zero-order valence-corrected chi connectivity index (χ0v) is 17.0. The summed E-state index contributed by atoms with van der Waals surface area (Å²) in [4.78, 5) is 14.7. The van der Waals surface area contributed by atoms with Crippen LogP contribution in [0.1, 0.15) is 16.7 Å². The molecule has 1 amide bonds. The Kier molecular flexibility index (Phi) is 7.67. The lowest BCUT2D eigenvalue weighted by atomic mass is 10.1. The van der Waals surface area contributed by atoms with E-state index < -0.39 is 0 Å². The molecule has 2 aromatic rings. The molecule has 0 aliphatic carbocycles. The van der Waals surface area contributed by atoms with Crippen LogP contribution in [0.5, 0.6) is 11.5 Å². The molecule has 3 rings (SSSR count). The Labute approximate surface area is 172 Å². The van der Waals surface area contributed by atoms with E-state index in [0.717, 1.165) is 44.0 Å². The van der Waals surface area contributed by atoms with Gasteiger partial charge in [-0.25, -0.2) is 0 Å². The summed E-state index contributed by atoms with van der Waals surface area (Å²) in [6.07, 6.45) is 3.27. The normalized spacial score (nSPS) is 14.7. The van der Waals surface area contributed by atoms with Crippen molar-refractivity contribution in [2.24, 2.45) is 0 Å². The summed E-state index contributed by atoms with van der Waals surface area (Å²) in [6.45, 7) is 4.79. The summed E-state index contributed by atoms with van der Waals surface area (Å²) in [5, 5.41) is 2.97. The van der Waals surface area contributed by atoms with Crippen molar-refractivity contribution >= 4 is 12.0 Å². The highest BCUT2D eigenvalue weighted by atomic mass is 16.5. The first-order valence-electron chi connectivity index (χ1n) is 9.74. The fraction of sp³-hybridized carbons (Fsp3) is 0.348. The number of carbonyl (C=O) groups excluding carboxylic acids is 1. The quantitative estimate of drug-likeness (QED) is 0.696. The number of morpholine rings is 1. The van der Waals surface area contributed by atoms with E-state index in [1.807, 2.05) is 24.3 Å². The predicted molar refractivity (Wildman–Crippen MR) is 113 cm³/mol. The van der Waals surface area contributed by atoms with E-state index in [1.54, 1.807) is 26.4 Å². The predicted octanol–water partition coefficient (Wildman–Crippen LogP) is 2.87. The molecular weight excluding hydrogens is 368 g/mol. The zero-order valence-electron chi connectivity index (χ0n) is 17.0. The van der Waals surface area contributed by atoms with Crippen LogP contribution >= 0.6 is 0 Å². The van der Waals surface area contributed by atoms with Gasteiger partial charge in [0.1, 0.15) is 11.5 Å². The van der Waals surface area contributed by atoms with Crippen LogP contribution < -0.4 is 14.8 Å². The van der Waals surface area contributed by atoms with Gasteiger partial charge in [0.2, 0.25) is 5.91 Å². The van der Waals surface area contributed by atoms with Crippen molar-refractivity contribution in [1.29, 1.82) is 0 Å². The molecule has 1 heterocycles. The van der Waals surface area contributed by atoms with Gasteiger partial charge in [0, 0.05) is 43.9 Å². The van der Waals surface area contributed by atoms with Crippen molar-refractivity contribution in [2.45, 2.75) is 13.1 Å². The lowest BCUT2D eigenvalue weighted by Crippen LogP contribution is -2.36. The minimum atomic E-state index is -0.149. The molecule has 154 valence electrons. The van der Waals surface area contributed by atoms with Gasteiger partial charge in [-0.1, -0.05) is 24.3 Å².